The van der Waals surface area contributed by atoms with E-state index in [1.807, 2.05) is 28.8 Å². The highest BCUT2D eigenvalue weighted by molar-refractivity contribution is 5.91. The van der Waals surface area contributed by atoms with Crippen LogP contribution in [0, 0.1) is 0 Å². The fraction of sp³-hybridized carbons (Fsp3) is 0.154. The van der Waals surface area contributed by atoms with Crippen LogP contribution < -0.4 is 5.32 Å². The first-order valence-electron chi connectivity index (χ1n) is 5.93. The Morgan fingerprint density at radius 3 is 3.00 bits per heavy atom. The van der Waals surface area contributed by atoms with E-state index in [4.69, 9.17) is 0 Å². The molecule has 0 saturated heterocycles. The van der Waals surface area contributed by atoms with E-state index in [-0.39, 0.29) is 5.91 Å². The van der Waals surface area contributed by atoms with Gasteiger partial charge >= 0.3 is 0 Å². The molecule has 0 atom stereocenters. The number of pyridine rings is 1. The zero-order valence-corrected chi connectivity index (χ0v) is 10.4. The Morgan fingerprint density at radius 1 is 1.32 bits per heavy atom. The van der Waals surface area contributed by atoms with Crippen molar-refractivity contribution in [2.75, 3.05) is 5.32 Å². The average molecular weight is 255 g/mol. The Morgan fingerprint density at radius 2 is 2.21 bits per heavy atom. The summed E-state index contributed by atoms with van der Waals surface area (Å²) in [6.07, 6.45) is 5.50. The monoisotopic (exact) mass is 255 g/mol. The second-order valence-corrected chi connectivity index (χ2v) is 4.24. The number of rotatable bonds is 3. The molecule has 0 aromatic carbocycles. The van der Waals surface area contributed by atoms with E-state index in [1.54, 1.807) is 30.2 Å². The summed E-state index contributed by atoms with van der Waals surface area (Å²) in [7, 11) is 1.78. The maximum atomic E-state index is 12.0. The van der Waals surface area contributed by atoms with Gasteiger partial charge in [-0.2, -0.15) is 5.10 Å². The van der Waals surface area contributed by atoms with E-state index < -0.39 is 0 Å². The minimum atomic E-state index is -0.0789. The molecule has 19 heavy (non-hydrogen) atoms. The van der Waals surface area contributed by atoms with Crippen LogP contribution in [0.5, 0.6) is 0 Å². The molecule has 96 valence electrons. The average Bonchev–Trinajstić information content (AvgIpc) is 3.00. The molecule has 1 N–H and O–H groups in total. The Labute approximate surface area is 109 Å². The normalized spacial score (nSPS) is 10.8. The van der Waals surface area contributed by atoms with Gasteiger partial charge in [-0.3, -0.25) is 9.48 Å². The number of amides is 1. The summed E-state index contributed by atoms with van der Waals surface area (Å²) in [4.78, 5) is 16.2. The summed E-state index contributed by atoms with van der Waals surface area (Å²) >= 11 is 0. The van der Waals surface area contributed by atoms with Gasteiger partial charge in [0.25, 0.3) is 0 Å². The number of nitrogens with zero attached hydrogens (tertiary/aromatic N) is 4. The van der Waals surface area contributed by atoms with Crippen molar-refractivity contribution in [3.63, 3.8) is 0 Å². The lowest BCUT2D eigenvalue weighted by molar-refractivity contribution is -0.115. The number of nitrogens with one attached hydrogen (secondary N) is 1. The molecule has 3 heterocycles. The summed E-state index contributed by atoms with van der Waals surface area (Å²) in [6, 6.07) is 7.48. The third-order valence-corrected chi connectivity index (χ3v) is 2.94. The van der Waals surface area contributed by atoms with Crippen LogP contribution in [0.3, 0.4) is 0 Å². The third-order valence-electron chi connectivity index (χ3n) is 2.94. The lowest BCUT2D eigenvalue weighted by Gasteiger charge is -2.07. The van der Waals surface area contributed by atoms with Crippen molar-refractivity contribution in [2.45, 2.75) is 6.42 Å². The number of hydrogen-bond acceptors (Lipinski definition) is 3. The Hall–Kier alpha value is -2.63. The van der Waals surface area contributed by atoms with E-state index in [1.165, 1.54) is 0 Å². The molecule has 3 aromatic heterocycles. The topological polar surface area (TPSA) is 64.2 Å². The first-order valence-corrected chi connectivity index (χ1v) is 5.93. The molecular weight excluding hydrogens is 242 g/mol. The van der Waals surface area contributed by atoms with Gasteiger partial charge in [-0.05, 0) is 12.1 Å². The van der Waals surface area contributed by atoms with Gasteiger partial charge in [-0.25, -0.2) is 4.98 Å². The molecule has 0 saturated carbocycles. The molecule has 6 heteroatoms. The van der Waals surface area contributed by atoms with Crippen molar-refractivity contribution in [2.24, 2.45) is 7.05 Å². The highest BCUT2D eigenvalue weighted by atomic mass is 16.1. The van der Waals surface area contributed by atoms with Crippen molar-refractivity contribution in [1.29, 1.82) is 0 Å². The molecule has 0 unspecified atom stereocenters. The van der Waals surface area contributed by atoms with Gasteiger partial charge in [0, 0.05) is 31.2 Å². The number of carbonyl (C=O) groups excluding carboxylic acids is 1. The van der Waals surface area contributed by atoms with Crippen molar-refractivity contribution >= 4 is 17.4 Å². The Balaban J connectivity index is 1.80. The van der Waals surface area contributed by atoms with Crippen LogP contribution in [0.2, 0.25) is 0 Å². The second kappa shape index (κ2) is 4.56. The van der Waals surface area contributed by atoms with Gasteiger partial charge in [0.15, 0.2) is 0 Å². The zero-order chi connectivity index (χ0) is 13.2. The fourth-order valence-electron chi connectivity index (χ4n) is 2.00. The minimum absolute atomic E-state index is 0.0789. The van der Waals surface area contributed by atoms with Gasteiger partial charge in [-0.15, -0.1) is 0 Å². The van der Waals surface area contributed by atoms with Gasteiger partial charge in [0.05, 0.1) is 12.6 Å². The number of anilines is 1. The lowest BCUT2D eigenvalue weighted by Crippen LogP contribution is -2.18. The van der Waals surface area contributed by atoms with Crippen LogP contribution in [0.25, 0.3) is 5.65 Å². The SMILES string of the molecule is Cn1nccc1NC(=O)Cc1cccc2nccn12. The van der Waals surface area contributed by atoms with Crippen LogP contribution >= 0.6 is 0 Å². The van der Waals surface area contributed by atoms with Gasteiger partial charge in [0.1, 0.15) is 11.5 Å². The first-order chi connectivity index (χ1) is 9.24. The number of hydrogen-bond donors (Lipinski definition) is 1. The van der Waals surface area contributed by atoms with E-state index in [0.717, 1.165) is 11.3 Å². The van der Waals surface area contributed by atoms with E-state index in [9.17, 15) is 4.79 Å². The molecule has 0 bridgehead atoms. The summed E-state index contributed by atoms with van der Waals surface area (Å²) in [5, 5.41) is 6.83. The molecule has 0 aliphatic heterocycles. The Bertz CT molecular complexity index is 727. The highest BCUT2D eigenvalue weighted by Gasteiger charge is 2.09. The van der Waals surface area contributed by atoms with E-state index in [2.05, 4.69) is 15.4 Å². The maximum absolute atomic E-state index is 12.0. The van der Waals surface area contributed by atoms with Crippen LogP contribution in [0.4, 0.5) is 5.82 Å². The van der Waals surface area contributed by atoms with E-state index >= 15 is 0 Å². The van der Waals surface area contributed by atoms with Crippen molar-refractivity contribution in [3.8, 4) is 0 Å². The van der Waals surface area contributed by atoms with Crippen LogP contribution in [0.1, 0.15) is 5.69 Å². The zero-order valence-electron chi connectivity index (χ0n) is 10.4. The predicted octanol–water partition coefficient (Wildman–Crippen LogP) is 1.25. The number of aryl methyl sites for hydroxylation is 1. The van der Waals surface area contributed by atoms with Crippen LogP contribution in [-0.2, 0) is 18.3 Å². The van der Waals surface area contributed by atoms with Crippen LogP contribution in [-0.4, -0.2) is 25.1 Å². The van der Waals surface area contributed by atoms with Crippen molar-refractivity contribution in [3.05, 3.63) is 48.5 Å². The Kier molecular flexibility index (Phi) is 2.75. The summed E-state index contributed by atoms with van der Waals surface area (Å²) in [6.45, 7) is 0. The molecule has 0 radical (unpaired) electrons. The highest BCUT2D eigenvalue weighted by Crippen LogP contribution is 2.09. The molecule has 6 nitrogen and oxygen atoms in total. The molecule has 3 aromatic rings. The molecular formula is C13H13N5O. The molecule has 0 aliphatic carbocycles. The summed E-state index contributed by atoms with van der Waals surface area (Å²) < 4.78 is 3.53. The number of aromatic nitrogens is 4. The number of carbonyl (C=O) groups is 1. The van der Waals surface area contributed by atoms with Crippen LogP contribution in [0.15, 0.2) is 42.9 Å². The fourth-order valence-corrected chi connectivity index (χ4v) is 2.00. The molecule has 0 fully saturated rings. The van der Waals surface area contributed by atoms with Crippen molar-refractivity contribution < 1.29 is 4.79 Å². The standard InChI is InChI=1S/C13H13N5O/c1-17-12(5-6-15-17)16-13(19)9-10-3-2-4-11-14-7-8-18(10)11/h2-8H,9H2,1H3,(H,16,19). The van der Waals surface area contributed by atoms with E-state index in [0.29, 0.717) is 12.2 Å². The van der Waals surface area contributed by atoms with Gasteiger partial charge < -0.3 is 9.72 Å². The maximum Gasteiger partial charge on any atom is 0.231 e. The third kappa shape index (κ3) is 2.20. The lowest BCUT2D eigenvalue weighted by atomic mass is 10.2. The largest absolute Gasteiger partial charge is 0.311 e. The van der Waals surface area contributed by atoms with Gasteiger partial charge in [0.2, 0.25) is 5.91 Å². The quantitative estimate of drug-likeness (QED) is 0.766. The first kappa shape index (κ1) is 11.5. The number of imidazole rings is 1. The summed E-state index contributed by atoms with van der Waals surface area (Å²) in [5.41, 5.74) is 1.74. The smallest absolute Gasteiger partial charge is 0.231 e. The molecule has 0 aliphatic rings. The summed E-state index contributed by atoms with van der Waals surface area (Å²) in [5.74, 6) is 0.604. The number of fused-ring (bicyclic) bond motifs is 1. The minimum Gasteiger partial charge on any atom is -0.311 e. The second-order valence-electron chi connectivity index (χ2n) is 4.24. The predicted molar refractivity (Wildman–Crippen MR) is 70.7 cm³/mol. The molecule has 3 rings (SSSR count). The molecule has 1 amide bonds. The van der Waals surface area contributed by atoms with Crippen molar-refractivity contribution in [1.82, 2.24) is 19.2 Å². The molecule has 0 spiro atoms. The van der Waals surface area contributed by atoms with Gasteiger partial charge in [-0.1, -0.05) is 6.07 Å².